The summed E-state index contributed by atoms with van der Waals surface area (Å²) < 4.78 is 11.0. The van der Waals surface area contributed by atoms with Crippen LogP contribution in [0.1, 0.15) is 18.4 Å². The van der Waals surface area contributed by atoms with Gasteiger partial charge in [0, 0.05) is 7.11 Å². The number of benzene rings is 1. The molecule has 3 rings (SSSR count). The van der Waals surface area contributed by atoms with Crippen molar-refractivity contribution >= 4 is 22.9 Å². The minimum absolute atomic E-state index is 0.197. The molecule has 150 valence electrons. The van der Waals surface area contributed by atoms with Crippen LogP contribution in [0.5, 0.6) is 0 Å². The van der Waals surface area contributed by atoms with Crippen molar-refractivity contribution in [2.75, 3.05) is 25.6 Å². The van der Waals surface area contributed by atoms with Gasteiger partial charge >= 0.3 is 0 Å². The molecule has 0 saturated carbocycles. The Balaban J connectivity index is 1.71. The van der Waals surface area contributed by atoms with E-state index in [0.717, 1.165) is 9.78 Å². The van der Waals surface area contributed by atoms with Gasteiger partial charge in [-0.05, 0) is 30.5 Å². The Morgan fingerprint density at radius 1 is 1.34 bits per heavy atom. The van der Waals surface area contributed by atoms with Crippen LogP contribution in [0.2, 0.25) is 0 Å². The molecule has 1 amide bonds. The molecule has 1 aromatic carbocycles. The van der Waals surface area contributed by atoms with Gasteiger partial charge in [0.05, 0.1) is 22.7 Å². The van der Waals surface area contributed by atoms with Gasteiger partial charge in [0.1, 0.15) is 12.6 Å². The van der Waals surface area contributed by atoms with Crippen molar-refractivity contribution in [3.63, 3.8) is 0 Å². The molecule has 0 spiro atoms. The summed E-state index contributed by atoms with van der Waals surface area (Å²) in [6, 6.07) is 12.4. The van der Waals surface area contributed by atoms with Crippen LogP contribution in [-0.2, 0) is 16.1 Å². The first-order valence-electron chi connectivity index (χ1n) is 9.12. The fraction of sp³-hybridized carbons (Fsp3) is 0.300. The second kappa shape index (κ2) is 9.93. The molecule has 2 N–H and O–H groups in total. The lowest BCUT2D eigenvalue weighted by atomic mass is 10.1. The highest BCUT2D eigenvalue weighted by Crippen LogP contribution is 2.22. The number of nitrogens with one attached hydrogen (secondary N) is 2. The van der Waals surface area contributed by atoms with Gasteiger partial charge in [-0.1, -0.05) is 18.2 Å². The molecule has 0 radical (unpaired) electrons. The van der Waals surface area contributed by atoms with Crippen LogP contribution in [0.3, 0.4) is 0 Å². The number of hydrogen-bond donors (Lipinski definition) is 2. The van der Waals surface area contributed by atoms with E-state index in [4.69, 9.17) is 9.15 Å². The van der Waals surface area contributed by atoms with Crippen LogP contribution < -0.4 is 10.2 Å². The normalized spacial score (nSPS) is 12.9. The maximum absolute atomic E-state index is 12.8. The third kappa shape index (κ3) is 5.26. The lowest BCUT2D eigenvalue weighted by Crippen LogP contribution is -3.15. The minimum atomic E-state index is -0.422. The van der Waals surface area contributed by atoms with E-state index >= 15 is 0 Å². The van der Waals surface area contributed by atoms with E-state index in [1.807, 2.05) is 24.4 Å². The predicted molar refractivity (Wildman–Crippen MR) is 108 cm³/mol. The maximum Gasteiger partial charge on any atom is 0.282 e. The van der Waals surface area contributed by atoms with Crippen LogP contribution in [0.4, 0.5) is 5.69 Å². The number of rotatable bonds is 9. The van der Waals surface area contributed by atoms with E-state index < -0.39 is 6.04 Å². The maximum atomic E-state index is 12.8. The van der Waals surface area contributed by atoms with Crippen LogP contribution >= 0.6 is 11.3 Å². The fourth-order valence-corrected chi connectivity index (χ4v) is 3.47. The molecule has 8 nitrogen and oxygen atoms in total. The first-order chi connectivity index (χ1) is 14.1. The topological polar surface area (TPSA) is 105 Å². The quantitative estimate of drug-likeness (QED) is 0.555. The van der Waals surface area contributed by atoms with E-state index in [2.05, 4.69) is 21.6 Å². The van der Waals surface area contributed by atoms with Crippen molar-refractivity contribution in [2.45, 2.75) is 19.5 Å². The first-order valence-corrected chi connectivity index (χ1v) is 10.00. The molecule has 2 aromatic heterocycles. The van der Waals surface area contributed by atoms with E-state index in [9.17, 15) is 10.1 Å². The Bertz CT molecular complexity index is 980. The highest BCUT2D eigenvalue weighted by atomic mass is 32.1. The minimum Gasteiger partial charge on any atom is -0.414 e. The van der Waals surface area contributed by atoms with Crippen LogP contribution in [-0.4, -0.2) is 42.4 Å². The zero-order valence-corrected chi connectivity index (χ0v) is 17.0. The van der Waals surface area contributed by atoms with Crippen molar-refractivity contribution in [2.24, 2.45) is 0 Å². The number of nitriles is 1. The Labute approximate surface area is 172 Å². The predicted octanol–water partition coefficient (Wildman–Crippen LogP) is 1.73. The molecule has 2 heterocycles. The van der Waals surface area contributed by atoms with E-state index in [0.29, 0.717) is 42.7 Å². The summed E-state index contributed by atoms with van der Waals surface area (Å²) in [6.45, 7) is 3.28. The average Bonchev–Trinajstić information content (AvgIpc) is 3.42. The second-order valence-electron chi connectivity index (χ2n) is 6.42. The molecule has 0 fully saturated rings. The van der Waals surface area contributed by atoms with Crippen molar-refractivity contribution in [1.82, 2.24) is 10.2 Å². The number of aromatic nitrogens is 2. The lowest BCUT2D eigenvalue weighted by Gasteiger charge is -2.24. The molecule has 1 unspecified atom stereocenters. The Kier molecular flexibility index (Phi) is 7.08. The summed E-state index contributed by atoms with van der Waals surface area (Å²) in [7, 11) is 1.62. The van der Waals surface area contributed by atoms with Crippen LogP contribution in [0, 0.1) is 11.3 Å². The highest BCUT2D eigenvalue weighted by molar-refractivity contribution is 7.13. The van der Waals surface area contributed by atoms with E-state index in [1.54, 1.807) is 31.4 Å². The number of ether oxygens (including phenoxy) is 1. The van der Waals surface area contributed by atoms with Gasteiger partial charge in [-0.15, -0.1) is 21.5 Å². The standard InChI is InChI=1S/C20H21N5O3S/c1-14(19(26)22-16-7-4-3-6-15(16)12-21)25(9-10-27-2)13-18-23-24-20(28-18)17-8-5-11-29-17/h3-8,11,14H,9-10,13H2,1-2H3,(H,22,26)/p+1/t14-/m1/s1. The van der Waals surface area contributed by atoms with Gasteiger partial charge in [0.2, 0.25) is 0 Å². The zero-order chi connectivity index (χ0) is 20.6. The number of nitrogens with zero attached hydrogens (tertiary/aromatic N) is 3. The van der Waals surface area contributed by atoms with Gasteiger partial charge in [0.25, 0.3) is 17.7 Å². The third-order valence-corrected chi connectivity index (χ3v) is 5.37. The van der Waals surface area contributed by atoms with E-state index in [1.165, 1.54) is 11.3 Å². The summed E-state index contributed by atoms with van der Waals surface area (Å²) >= 11 is 1.52. The summed E-state index contributed by atoms with van der Waals surface area (Å²) in [5, 5.41) is 22.2. The SMILES string of the molecule is COCC[NH+](Cc1nnc(-c2cccs2)o1)[C@H](C)C(=O)Nc1ccccc1C#N. The summed E-state index contributed by atoms with van der Waals surface area (Å²) in [5.74, 6) is 0.731. The fourth-order valence-electron chi connectivity index (χ4n) is 2.83. The largest absolute Gasteiger partial charge is 0.414 e. The Morgan fingerprint density at radius 2 is 2.17 bits per heavy atom. The van der Waals surface area contributed by atoms with Crippen molar-refractivity contribution in [1.29, 1.82) is 5.26 Å². The van der Waals surface area contributed by atoms with E-state index in [-0.39, 0.29) is 5.91 Å². The van der Waals surface area contributed by atoms with Gasteiger partial charge in [-0.25, -0.2) is 0 Å². The summed E-state index contributed by atoms with van der Waals surface area (Å²) in [5.41, 5.74) is 0.916. The molecular weight excluding hydrogens is 390 g/mol. The molecular formula is C20H22N5O3S+. The molecule has 0 aliphatic carbocycles. The molecule has 0 aliphatic rings. The van der Waals surface area contributed by atoms with Crippen LogP contribution in [0.15, 0.2) is 46.2 Å². The van der Waals surface area contributed by atoms with Gasteiger partial charge in [0.15, 0.2) is 12.6 Å². The first kappa shape index (κ1) is 20.7. The number of hydrogen-bond acceptors (Lipinski definition) is 7. The Hall–Kier alpha value is -3.06. The molecule has 0 bridgehead atoms. The second-order valence-corrected chi connectivity index (χ2v) is 7.37. The zero-order valence-electron chi connectivity index (χ0n) is 16.2. The lowest BCUT2D eigenvalue weighted by molar-refractivity contribution is -0.929. The van der Waals surface area contributed by atoms with Crippen molar-refractivity contribution < 1.29 is 18.8 Å². The molecule has 3 aromatic rings. The average molecular weight is 412 g/mol. The summed E-state index contributed by atoms with van der Waals surface area (Å²) in [6.07, 6.45) is 0. The monoisotopic (exact) mass is 412 g/mol. The highest BCUT2D eigenvalue weighted by Gasteiger charge is 2.28. The number of para-hydroxylation sites is 1. The van der Waals surface area contributed by atoms with Gasteiger partial charge in [-0.2, -0.15) is 5.26 Å². The number of amides is 1. The smallest absolute Gasteiger partial charge is 0.282 e. The molecule has 9 heteroatoms. The van der Waals surface area contributed by atoms with Gasteiger partial charge in [-0.3, -0.25) is 4.79 Å². The number of carbonyl (C=O) groups is 1. The molecule has 2 atom stereocenters. The molecule has 0 aliphatic heterocycles. The van der Waals surface area contributed by atoms with Gasteiger partial charge < -0.3 is 19.4 Å². The number of thiophene rings is 1. The number of carbonyl (C=O) groups excluding carboxylic acids is 1. The third-order valence-electron chi connectivity index (χ3n) is 4.52. The number of methoxy groups -OCH3 is 1. The van der Waals surface area contributed by atoms with Crippen molar-refractivity contribution in [3.05, 3.63) is 53.2 Å². The Morgan fingerprint density at radius 3 is 2.90 bits per heavy atom. The molecule has 0 saturated heterocycles. The summed E-state index contributed by atoms with van der Waals surface area (Å²) in [4.78, 5) is 14.6. The molecule has 29 heavy (non-hydrogen) atoms. The van der Waals surface area contributed by atoms with Crippen molar-refractivity contribution in [3.8, 4) is 16.8 Å². The van der Waals surface area contributed by atoms with Crippen LogP contribution in [0.25, 0.3) is 10.8 Å². The number of anilines is 1. The number of quaternary nitrogens is 1.